The summed E-state index contributed by atoms with van der Waals surface area (Å²) in [7, 11) is -3.52. The van der Waals surface area contributed by atoms with E-state index in [0.717, 1.165) is 22.3 Å². The van der Waals surface area contributed by atoms with Crippen LogP contribution in [0.3, 0.4) is 0 Å². The fourth-order valence-corrected chi connectivity index (χ4v) is 5.48. The zero-order chi connectivity index (χ0) is 24.1. The standard InChI is InChI=1S/C25H31N3O5S/c1-3-27(19(2)24-16-21-6-4-5-7-23(21)33-24)18-25(29)26-17-20-8-10-22(11-9-20)34(30,31)28-12-14-32-15-13-28/h4-11,16,19H,3,12-15,17-18H2,1-2H3,(H,26,29). The van der Waals surface area contributed by atoms with Crippen LogP contribution in [0.4, 0.5) is 0 Å². The summed E-state index contributed by atoms with van der Waals surface area (Å²) in [4.78, 5) is 14.9. The quantitative estimate of drug-likeness (QED) is 0.501. The van der Waals surface area contributed by atoms with Crippen molar-refractivity contribution in [3.8, 4) is 0 Å². The van der Waals surface area contributed by atoms with E-state index in [2.05, 4.69) is 5.32 Å². The first-order valence-corrected chi connectivity index (χ1v) is 13.0. The number of morpholine rings is 1. The van der Waals surface area contributed by atoms with E-state index in [1.165, 1.54) is 4.31 Å². The lowest BCUT2D eigenvalue weighted by atomic mass is 10.2. The maximum absolute atomic E-state index is 12.7. The van der Waals surface area contributed by atoms with Crippen LogP contribution >= 0.6 is 0 Å². The molecule has 8 nitrogen and oxygen atoms in total. The molecule has 1 aliphatic rings. The van der Waals surface area contributed by atoms with E-state index >= 15 is 0 Å². The number of fused-ring (bicyclic) bond motifs is 1. The number of likely N-dealkylation sites (N-methyl/N-ethyl adjacent to an activating group) is 1. The van der Waals surface area contributed by atoms with Crippen molar-refractivity contribution in [3.05, 3.63) is 65.9 Å². The van der Waals surface area contributed by atoms with Crippen molar-refractivity contribution in [2.24, 2.45) is 0 Å². The number of carbonyl (C=O) groups is 1. The van der Waals surface area contributed by atoms with E-state index in [1.54, 1.807) is 24.3 Å². The zero-order valence-electron chi connectivity index (χ0n) is 19.6. The van der Waals surface area contributed by atoms with Gasteiger partial charge in [-0.15, -0.1) is 0 Å². The van der Waals surface area contributed by atoms with E-state index < -0.39 is 10.0 Å². The summed E-state index contributed by atoms with van der Waals surface area (Å²) in [6, 6.07) is 16.5. The normalized spacial score (nSPS) is 16.1. The summed E-state index contributed by atoms with van der Waals surface area (Å²) in [5.74, 6) is 0.725. The number of furan rings is 1. The number of ether oxygens (including phenoxy) is 1. The Morgan fingerprint density at radius 2 is 1.82 bits per heavy atom. The van der Waals surface area contributed by atoms with Gasteiger partial charge in [0.15, 0.2) is 0 Å². The Bertz CT molecular complexity index is 1180. The minimum Gasteiger partial charge on any atom is -0.459 e. The lowest BCUT2D eigenvalue weighted by Crippen LogP contribution is -2.40. The average molecular weight is 486 g/mol. The SMILES string of the molecule is CCN(CC(=O)NCc1ccc(S(=O)(=O)N2CCOCC2)cc1)C(C)c1cc2ccccc2o1. The van der Waals surface area contributed by atoms with Crippen LogP contribution in [0.25, 0.3) is 11.0 Å². The van der Waals surface area contributed by atoms with Crippen LogP contribution in [0, 0.1) is 0 Å². The first-order chi connectivity index (χ1) is 16.4. The number of amides is 1. The minimum absolute atomic E-state index is 0.0483. The molecule has 9 heteroatoms. The Balaban J connectivity index is 1.32. The lowest BCUT2D eigenvalue weighted by Gasteiger charge is -2.26. The molecule has 1 aromatic heterocycles. The number of nitrogens with zero attached hydrogens (tertiary/aromatic N) is 2. The van der Waals surface area contributed by atoms with Crippen molar-refractivity contribution in [1.82, 2.24) is 14.5 Å². The van der Waals surface area contributed by atoms with E-state index in [-0.39, 0.29) is 23.4 Å². The summed E-state index contributed by atoms with van der Waals surface area (Å²) in [6.07, 6.45) is 0. The molecule has 0 spiro atoms. The molecule has 1 unspecified atom stereocenters. The zero-order valence-corrected chi connectivity index (χ0v) is 20.4. The maximum atomic E-state index is 12.7. The first kappa shape index (κ1) is 24.4. The minimum atomic E-state index is -3.52. The summed E-state index contributed by atoms with van der Waals surface area (Å²) in [5, 5.41) is 3.98. The van der Waals surface area contributed by atoms with Crippen molar-refractivity contribution in [2.45, 2.75) is 31.3 Å². The van der Waals surface area contributed by atoms with Gasteiger partial charge in [0.2, 0.25) is 15.9 Å². The van der Waals surface area contributed by atoms with Gasteiger partial charge >= 0.3 is 0 Å². The molecule has 0 radical (unpaired) electrons. The van der Waals surface area contributed by atoms with Gasteiger partial charge in [-0.1, -0.05) is 37.3 Å². The van der Waals surface area contributed by atoms with E-state index in [4.69, 9.17) is 9.15 Å². The highest BCUT2D eigenvalue weighted by atomic mass is 32.2. The number of para-hydroxylation sites is 1. The number of nitrogens with one attached hydrogen (secondary N) is 1. The fourth-order valence-electron chi connectivity index (χ4n) is 4.07. The predicted molar refractivity (Wildman–Crippen MR) is 130 cm³/mol. The highest BCUT2D eigenvalue weighted by Crippen LogP contribution is 2.27. The number of benzene rings is 2. The molecule has 2 aromatic carbocycles. The Labute approximate surface area is 200 Å². The predicted octanol–water partition coefficient (Wildman–Crippen LogP) is 3.15. The number of hydrogen-bond donors (Lipinski definition) is 1. The monoisotopic (exact) mass is 485 g/mol. The summed E-state index contributed by atoms with van der Waals surface area (Å²) in [6.45, 7) is 6.84. The summed E-state index contributed by atoms with van der Waals surface area (Å²) < 4.78 is 38.1. The smallest absolute Gasteiger partial charge is 0.243 e. The molecular formula is C25H31N3O5S. The molecule has 182 valence electrons. The number of carbonyl (C=O) groups excluding carboxylic acids is 1. The second-order valence-electron chi connectivity index (χ2n) is 8.36. The number of hydrogen-bond acceptors (Lipinski definition) is 6. The van der Waals surface area contributed by atoms with E-state index in [1.807, 2.05) is 49.1 Å². The molecule has 0 aliphatic carbocycles. The average Bonchev–Trinajstić information content (AvgIpc) is 3.31. The Morgan fingerprint density at radius 3 is 2.50 bits per heavy atom. The van der Waals surface area contributed by atoms with Gasteiger partial charge in [-0.25, -0.2) is 8.42 Å². The first-order valence-electron chi connectivity index (χ1n) is 11.5. The van der Waals surface area contributed by atoms with Crippen molar-refractivity contribution in [2.75, 3.05) is 39.4 Å². The Hall–Kier alpha value is -2.72. The van der Waals surface area contributed by atoms with Gasteiger partial charge in [-0.2, -0.15) is 4.31 Å². The second kappa shape index (κ2) is 10.7. The third kappa shape index (κ3) is 5.50. The van der Waals surface area contributed by atoms with Gasteiger partial charge in [0.1, 0.15) is 11.3 Å². The molecule has 0 bridgehead atoms. The lowest BCUT2D eigenvalue weighted by molar-refractivity contribution is -0.123. The number of sulfonamides is 1. The molecule has 34 heavy (non-hydrogen) atoms. The highest BCUT2D eigenvalue weighted by Gasteiger charge is 2.26. The topological polar surface area (TPSA) is 92.1 Å². The van der Waals surface area contributed by atoms with Crippen molar-refractivity contribution in [1.29, 1.82) is 0 Å². The molecule has 1 N–H and O–H groups in total. The Morgan fingerprint density at radius 1 is 1.12 bits per heavy atom. The molecule has 1 fully saturated rings. The third-order valence-corrected chi connectivity index (χ3v) is 8.09. The van der Waals surface area contributed by atoms with Crippen molar-refractivity contribution < 1.29 is 22.4 Å². The van der Waals surface area contributed by atoms with Crippen molar-refractivity contribution >= 4 is 26.9 Å². The van der Waals surface area contributed by atoms with Crippen LogP contribution in [0.5, 0.6) is 0 Å². The molecule has 4 rings (SSSR count). The van der Waals surface area contributed by atoms with Gasteiger partial charge in [0.05, 0.1) is 30.7 Å². The molecule has 2 heterocycles. The highest BCUT2D eigenvalue weighted by molar-refractivity contribution is 7.89. The largest absolute Gasteiger partial charge is 0.459 e. The van der Waals surface area contributed by atoms with Gasteiger partial charge in [0.25, 0.3) is 0 Å². The van der Waals surface area contributed by atoms with Crippen LogP contribution in [0.1, 0.15) is 31.2 Å². The van der Waals surface area contributed by atoms with Gasteiger partial charge in [0, 0.05) is 25.0 Å². The maximum Gasteiger partial charge on any atom is 0.243 e. The number of rotatable bonds is 9. The van der Waals surface area contributed by atoms with Crippen molar-refractivity contribution in [3.63, 3.8) is 0 Å². The Kier molecular flexibility index (Phi) is 7.67. The van der Waals surface area contributed by atoms with Crippen LogP contribution in [0.15, 0.2) is 63.9 Å². The fraction of sp³-hybridized carbons (Fsp3) is 0.400. The van der Waals surface area contributed by atoms with Gasteiger partial charge < -0.3 is 14.5 Å². The molecule has 1 aliphatic heterocycles. The van der Waals surface area contributed by atoms with E-state index in [0.29, 0.717) is 39.4 Å². The second-order valence-corrected chi connectivity index (χ2v) is 10.3. The molecule has 1 atom stereocenters. The summed E-state index contributed by atoms with van der Waals surface area (Å²) in [5.41, 5.74) is 1.67. The summed E-state index contributed by atoms with van der Waals surface area (Å²) >= 11 is 0. The third-order valence-electron chi connectivity index (χ3n) is 6.18. The van der Waals surface area contributed by atoms with Crippen LogP contribution in [0.2, 0.25) is 0 Å². The van der Waals surface area contributed by atoms with Crippen LogP contribution in [-0.4, -0.2) is 62.9 Å². The van der Waals surface area contributed by atoms with Crippen LogP contribution < -0.4 is 5.32 Å². The van der Waals surface area contributed by atoms with E-state index in [9.17, 15) is 13.2 Å². The molecular weight excluding hydrogens is 454 g/mol. The molecule has 1 saturated heterocycles. The molecule has 3 aromatic rings. The van der Waals surface area contributed by atoms with Gasteiger partial charge in [-0.05, 0) is 43.3 Å². The molecule has 0 saturated carbocycles. The molecule has 1 amide bonds. The van der Waals surface area contributed by atoms with Gasteiger partial charge in [-0.3, -0.25) is 9.69 Å². The van der Waals surface area contributed by atoms with Crippen LogP contribution in [-0.2, 0) is 26.1 Å².